The third-order valence-electron chi connectivity index (χ3n) is 2.41. The van der Waals surface area contributed by atoms with E-state index in [0.29, 0.717) is 16.7 Å². The van der Waals surface area contributed by atoms with E-state index < -0.39 is 0 Å². The molecule has 0 heterocycles. The SMILES string of the molecule is Oc1ccccc1CNc1c(F)cccc1Br. The highest BCUT2D eigenvalue weighted by atomic mass is 79.9. The summed E-state index contributed by atoms with van der Waals surface area (Å²) in [5.41, 5.74) is 1.12. The van der Waals surface area contributed by atoms with Gasteiger partial charge in [0.2, 0.25) is 0 Å². The number of nitrogens with one attached hydrogen (secondary N) is 1. The Kier molecular flexibility index (Phi) is 3.64. The summed E-state index contributed by atoms with van der Waals surface area (Å²) in [4.78, 5) is 0. The highest BCUT2D eigenvalue weighted by Gasteiger charge is 2.06. The summed E-state index contributed by atoms with van der Waals surface area (Å²) in [7, 11) is 0. The molecule has 0 amide bonds. The van der Waals surface area contributed by atoms with Crippen LogP contribution in [0.25, 0.3) is 0 Å². The van der Waals surface area contributed by atoms with Crippen LogP contribution in [-0.4, -0.2) is 5.11 Å². The second-order valence-corrected chi connectivity index (χ2v) is 4.43. The summed E-state index contributed by atoms with van der Waals surface area (Å²) in [5.74, 6) is -0.123. The minimum absolute atomic E-state index is 0.201. The molecule has 17 heavy (non-hydrogen) atoms. The Hall–Kier alpha value is -1.55. The Morgan fingerprint density at radius 2 is 1.88 bits per heavy atom. The van der Waals surface area contributed by atoms with Gasteiger partial charge in [0.15, 0.2) is 0 Å². The molecule has 0 spiro atoms. The van der Waals surface area contributed by atoms with Gasteiger partial charge < -0.3 is 10.4 Å². The van der Waals surface area contributed by atoms with Crippen LogP contribution in [-0.2, 0) is 6.54 Å². The van der Waals surface area contributed by atoms with Crippen LogP contribution in [0.1, 0.15) is 5.56 Å². The molecule has 2 aromatic rings. The molecular formula is C13H11BrFNO. The molecule has 0 unspecified atom stereocenters. The van der Waals surface area contributed by atoms with Crippen molar-refractivity contribution < 1.29 is 9.50 Å². The molecular weight excluding hydrogens is 285 g/mol. The van der Waals surface area contributed by atoms with Gasteiger partial charge in [-0.05, 0) is 34.1 Å². The Labute approximate surface area is 107 Å². The van der Waals surface area contributed by atoms with Gasteiger partial charge in [0.05, 0.1) is 5.69 Å². The summed E-state index contributed by atoms with van der Waals surface area (Å²) in [6.07, 6.45) is 0. The van der Waals surface area contributed by atoms with Crippen LogP contribution in [0.3, 0.4) is 0 Å². The smallest absolute Gasteiger partial charge is 0.147 e. The molecule has 0 bridgehead atoms. The number of benzene rings is 2. The second-order valence-electron chi connectivity index (χ2n) is 3.58. The van der Waals surface area contributed by atoms with Crippen molar-refractivity contribution >= 4 is 21.6 Å². The first-order chi connectivity index (χ1) is 8.18. The molecule has 2 N–H and O–H groups in total. The number of hydrogen-bond acceptors (Lipinski definition) is 2. The van der Waals surface area contributed by atoms with E-state index in [1.807, 2.05) is 6.07 Å². The van der Waals surface area contributed by atoms with E-state index in [0.717, 1.165) is 5.56 Å². The van der Waals surface area contributed by atoms with E-state index in [9.17, 15) is 9.50 Å². The number of aromatic hydroxyl groups is 1. The Morgan fingerprint density at radius 1 is 1.12 bits per heavy atom. The molecule has 2 rings (SSSR count). The first kappa shape index (κ1) is 11.9. The van der Waals surface area contributed by atoms with E-state index in [4.69, 9.17) is 0 Å². The zero-order valence-corrected chi connectivity index (χ0v) is 10.5. The third kappa shape index (κ3) is 2.77. The van der Waals surface area contributed by atoms with Gasteiger partial charge in [-0.15, -0.1) is 0 Å². The maximum Gasteiger partial charge on any atom is 0.147 e. The lowest BCUT2D eigenvalue weighted by Crippen LogP contribution is -2.02. The quantitative estimate of drug-likeness (QED) is 0.900. The zero-order chi connectivity index (χ0) is 12.3. The molecule has 88 valence electrons. The largest absolute Gasteiger partial charge is 0.508 e. The molecule has 4 heteroatoms. The minimum Gasteiger partial charge on any atom is -0.508 e. The molecule has 0 fully saturated rings. The lowest BCUT2D eigenvalue weighted by Gasteiger charge is -2.10. The average Bonchev–Trinajstić information content (AvgIpc) is 2.30. The number of hydrogen-bond donors (Lipinski definition) is 2. The highest BCUT2D eigenvalue weighted by molar-refractivity contribution is 9.10. The van der Waals surface area contributed by atoms with Crippen molar-refractivity contribution in [3.63, 3.8) is 0 Å². The van der Waals surface area contributed by atoms with Gasteiger partial charge in [-0.2, -0.15) is 0 Å². The summed E-state index contributed by atoms with van der Waals surface area (Å²) in [6.45, 7) is 0.367. The van der Waals surface area contributed by atoms with Crippen molar-refractivity contribution in [1.82, 2.24) is 0 Å². The Balaban J connectivity index is 2.16. The highest BCUT2D eigenvalue weighted by Crippen LogP contribution is 2.26. The predicted molar refractivity (Wildman–Crippen MR) is 69.5 cm³/mol. The first-order valence-electron chi connectivity index (χ1n) is 5.13. The molecule has 2 aromatic carbocycles. The minimum atomic E-state index is -0.324. The molecule has 0 radical (unpaired) electrons. The average molecular weight is 296 g/mol. The standard InChI is InChI=1S/C13H11BrFNO/c14-10-5-3-6-11(15)13(10)16-8-9-4-1-2-7-12(9)17/h1-7,16-17H,8H2. The van der Waals surface area contributed by atoms with Crippen molar-refractivity contribution in [1.29, 1.82) is 0 Å². The number of phenols is 1. The van der Waals surface area contributed by atoms with Crippen LogP contribution in [0.2, 0.25) is 0 Å². The predicted octanol–water partition coefficient (Wildman–Crippen LogP) is 3.91. The number of para-hydroxylation sites is 2. The van der Waals surface area contributed by atoms with Crippen LogP contribution in [0, 0.1) is 5.82 Å². The maximum atomic E-state index is 13.5. The van der Waals surface area contributed by atoms with Crippen LogP contribution in [0.15, 0.2) is 46.9 Å². The normalized spacial score (nSPS) is 10.2. The fourth-order valence-electron chi connectivity index (χ4n) is 1.51. The van der Waals surface area contributed by atoms with Gasteiger partial charge in [0.1, 0.15) is 11.6 Å². The zero-order valence-electron chi connectivity index (χ0n) is 8.95. The third-order valence-corrected chi connectivity index (χ3v) is 3.07. The molecule has 0 aliphatic carbocycles. The van der Waals surface area contributed by atoms with Gasteiger partial charge in [-0.25, -0.2) is 4.39 Å². The molecule has 2 nitrogen and oxygen atoms in total. The number of halogens is 2. The van der Waals surface area contributed by atoms with Gasteiger partial charge in [-0.3, -0.25) is 0 Å². The van der Waals surface area contributed by atoms with Crippen molar-refractivity contribution in [2.45, 2.75) is 6.54 Å². The van der Waals surface area contributed by atoms with Crippen molar-refractivity contribution in [2.75, 3.05) is 5.32 Å². The topological polar surface area (TPSA) is 32.3 Å². The fraction of sp³-hybridized carbons (Fsp3) is 0.0769. The Morgan fingerprint density at radius 3 is 2.59 bits per heavy atom. The van der Waals surface area contributed by atoms with Crippen molar-refractivity contribution in [2.24, 2.45) is 0 Å². The number of phenolic OH excluding ortho intramolecular Hbond substituents is 1. The van der Waals surface area contributed by atoms with Crippen LogP contribution in [0.4, 0.5) is 10.1 Å². The van der Waals surface area contributed by atoms with Gasteiger partial charge in [-0.1, -0.05) is 24.3 Å². The van der Waals surface area contributed by atoms with Crippen molar-refractivity contribution in [3.05, 3.63) is 58.3 Å². The first-order valence-corrected chi connectivity index (χ1v) is 5.92. The van der Waals surface area contributed by atoms with Crippen molar-refractivity contribution in [3.8, 4) is 5.75 Å². The summed E-state index contributed by atoms with van der Waals surface area (Å²) in [5, 5.41) is 12.5. The lowest BCUT2D eigenvalue weighted by molar-refractivity contribution is 0.469. The van der Waals surface area contributed by atoms with E-state index in [1.165, 1.54) is 6.07 Å². The second kappa shape index (κ2) is 5.19. The van der Waals surface area contributed by atoms with Crippen LogP contribution < -0.4 is 5.32 Å². The Bertz CT molecular complexity index is 510. The van der Waals surface area contributed by atoms with Gasteiger partial charge in [0.25, 0.3) is 0 Å². The van der Waals surface area contributed by atoms with E-state index in [2.05, 4.69) is 21.2 Å². The fourth-order valence-corrected chi connectivity index (χ4v) is 1.99. The molecule has 0 aliphatic rings. The van der Waals surface area contributed by atoms with E-state index in [-0.39, 0.29) is 11.6 Å². The molecule has 0 saturated heterocycles. The molecule has 0 atom stereocenters. The maximum absolute atomic E-state index is 13.5. The van der Waals surface area contributed by atoms with E-state index in [1.54, 1.807) is 30.3 Å². The van der Waals surface area contributed by atoms with E-state index >= 15 is 0 Å². The number of rotatable bonds is 3. The monoisotopic (exact) mass is 295 g/mol. The summed E-state index contributed by atoms with van der Waals surface area (Å²) >= 11 is 3.27. The summed E-state index contributed by atoms with van der Waals surface area (Å²) in [6, 6.07) is 11.7. The van der Waals surface area contributed by atoms with Gasteiger partial charge >= 0.3 is 0 Å². The molecule has 0 aliphatic heterocycles. The van der Waals surface area contributed by atoms with Crippen LogP contribution in [0.5, 0.6) is 5.75 Å². The summed E-state index contributed by atoms with van der Waals surface area (Å²) < 4.78 is 14.2. The van der Waals surface area contributed by atoms with Gasteiger partial charge in [0, 0.05) is 16.6 Å². The molecule has 0 saturated carbocycles. The lowest BCUT2D eigenvalue weighted by atomic mass is 10.2. The number of anilines is 1. The van der Waals surface area contributed by atoms with Crippen LogP contribution >= 0.6 is 15.9 Å². The molecule has 0 aromatic heterocycles.